The Kier molecular flexibility index (Phi) is 4.45. The van der Waals surface area contributed by atoms with Gasteiger partial charge in [0.25, 0.3) is 5.91 Å². The first kappa shape index (κ1) is 12.7. The summed E-state index contributed by atoms with van der Waals surface area (Å²) in [5.74, 6) is -0.581. The van der Waals surface area contributed by atoms with Crippen LogP contribution in [0.3, 0.4) is 0 Å². The van der Waals surface area contributed by atoms with Gasteiger partial charge in [-0.3, -0.25) is 4.79 Å². The highest BCUT2D eigenvalue weighted by Gasteiger charge is 2.12. The van der Waals surface area contributed by atoms with Crippen molar-refractivity contribution < 1.29 is 9.18 Å². The molecule has 1 aliphatic carbocycles. The van der Waals surface area contributed by atoms with Gasteiger partial charge in [0.15, 0.2) is 0 Å². The maximum Gasteiger partial charge on any atom is 0.274 e. The van der Waals surface area contributed by atoms with Crippen molar-refractivity contribution in [3.05, 3.63) is 35.6 Å². The van der Waals surface area contributed by atoms with E-state index in [0.29, 0.717) is 5.92 Å². The van der Waals surface area contributed by atoms with Crippen LogP contribution in [-0.4, -0.2) is 12.1 Å². The number of hydrazone groups is 1. The van der Waals surface area contributed by atoms with Gasteiger partial charge in [0, 0.05) is 6.21 Å². The summed E-state index contributed by atoms with van der Waals surface area (Å²) in [4.78, 5) is 11.6. The third-order valence-electron chi connectivity index (χ3n) is 3.22. The fourth-order valence-electron chi connectivity index (χ4n) is 2.19. The molecule has 0 spiro atoms. The molecule has 0 bridgehead atoms. The zero-order valence-corrected chi connectivity index (χ0v) is 10.2. The standard InChI is InChI=1S/C14H17FN2O/c15-13-9-5-4-8-12(13)14(18)17-16-10-11-6-2-1-3-7-11/h4-5,8-11H,1-3,6-7H2,(H,17,18). The summed E-state index contributed by atoms with van der Waals surface area (Å²) in [7, 11) is 0. The van der Waals surface area contributed by atoms with Crippen LogP contribution in [0.4, 0.5) is 4.39 Å². The molecule has 0 aliphatic heterocycles. The summed E-state index contributed by atoms with van der Waals surface area (Å²) < 4.78 is 13.3. The number of rotatable bonds is 3. The Bertz CT molecular complexity index is 439. The lowest BCUT2D eigenvalue weighted by Crippen LogP contribution is -2.20. The molecule has 0 aromatic heterocycles. The van der Waals surface area contributed by atoms with Crippen molar-refractivity contribution in [1.29, 1.82) is 0 Å². The van der Waals surface area contributed by atoms with Gasteiger partial charge in [-0.2, -0.15) is 5.10 Å². The van der Waals surface area contributed by atoms with E-state index in [-0.39, 0.29) is 5.56 Å². The maximum atomic E-state index is 13.3. The molecule has 1 aromatic carbocycles. The van der Waals surface area contributed by atoms with Gasteiger partial charge in [-0.1, -0.05) is 31.4 Å². The van der Waals surface area contributed by atoms with Gasteiger partial charge < -0.3 is 0 Å². The molecule has 0 atom stereocenters. The van der Waals surface area contributed by atoms with Crippen LogP contribution in [0.2, 0.25) is 0 Å². The quantitative estimate of drug-likeness (QED) is 0.648. The van der Waals surface area contributed by atoms with Crippen LogP contribution in [-0.2, 0) is 0 Å². The van der Waals surface area contributed by atoms with Gasteiger partial charge in [-0.25, -0.2) is 9.82 Å². The van der Waals surface area contributed by atoms with E-state index >= 15 is 0 Å². The van der Waals surface area contributed by atoms with E-state index in [2.05, 4.69) is 10.5 Å². The minimum Gasteiger partial charge on any atom is -0.267 e. The van der Waals surface area contributed by atoms with Crippen LogP contribution in [0.15, 0.2) is 29.4 Å². The molecule has 0 saturated heterocycles. The van der Waals surface area contributed by atoms with Crippen LogP contribution in [0, 0.1) is 11.7 Å². The lowest BCUT2D eigenvalue weighted by molar-refractivity contribution is 0.0951. The average molecular weight is 248 g/mol. The zero-order valence-electron chi connectivity index (χ0n) is 10.2. The monoisotopic (exact) mass is 248 g/mol. The summed E-state index contributed by atoms with van der Waals surface area (Å²) in [6.45, 7) is 0. The highest BCUT2D eigenvalue weighted by Crippen LogP contribution is 2.21. The van der Waals surface area contributed by atoms with Crippen molar-refractivity contribution >= 4 is 12.1 Å². The normalized spacial score (nSPS) is 16.9. The number of hydrogen-bond acceptors (Lipinski definition) is 2. The smallest absolute Gasteiger partial charge is 0.267 e. The SMILES string of the molecule is O=C(NN=CC1CCCCC1)c1ccccc1F. The van der Waals surface area contributed by atoms with Crippen LogP contribution < -0.4 is 5.43 Å². The van der Waals surface area contributed by atoms with E-state index in [1.165, 1.54) is 31.4 Å². The van der Waals surface area contributed by atoms with Crippen LogP contribution in [0.1, 0.15) is 42.5 Å². The molecule has 0 heterocycles. The van der Waals surface area contributed by atoms with Crippen molar-refractivity contribution in [2.75, 3.05) is 0 Å². The molecule has 1 aromatic rings. The fraction of sp³-hybridized carbons (Fsp3) is 0.429. The number of nitrogens with one attached hydrogen (secondary N) is 1. The topological polar surface area (TPSA) is 41.5 Å². The second-order valence-corrected chi connectivity index (χ2v) is 4.60. The second-order valence-electron chi connectivity index (χ2n) is 4.60. The maximum absolute atomic E-state index is 13.3. The first-order valence-corrected chi connectivity index (χ1v) is 6.35. The molecule has 4 heteroatoms. The highest BCUT2D eigenvalue weighted by atomic mass is 19.1. The number of carbonyl (C=O) groups is 1. The van der Waals surface area contributed by atoms with Crippen molar-refractivity contribution in [3.63, 3.8) is 0 Å². The van der Waals surface area contributed by atoms with Gasteiger partial charge in [-0.05, 0) is 30.9 Å². The fourth-order valence-corrected chi connectivity index (χ4v) is 2.19. The number of halogens is 1. The summed E-state index contributed by atoms with van der Waals surface area (Å²) in [6, 6.07) is 5.89. The van der Waals surface area contributed by atoms with E-state index in [1.807, 2.05) is 0 Å². The van der Waals surface area contributed by atoms with Crippen LogP contribution >= 0.6 is 0 Å². The van der Waals surface area contributed by atoms with Crippen molar-refractivity contribution in [3.8, 4) is 0 Å². The lowest BCUT2D eigenvalue weighted by Gasteiger charge is -2.16. The number of nitrogens with zero attached hydrogens (tertiary/aromatic N) is 1. The molecule has 2 rings (SSSR count). The summed E-state index contributed by atoms with van der Waals surface area (Å²) in [6.07, 6.45) is 7.75. The Balaban J connectivity index is 1.88. The molecule has 96 valence electrons. The number of amides is 1. The van der Waals surface area contributed by atoms with E-state index in [4.69, 9.17) is 0 Å². The number of benzene rings is 1. The Hall–Kier alpha value is -1.71. The summed E-state index contributed by atoms with van der Waals surface area (Å²) >= 11 is 0. The molecule has 1 saturated carbocycles. The van der Waals surface area contributed by atoms with Crippen LogP contribution in [0.5, 0.6) is 0 Å². The summed E-state index contributed by atoms with van der Waals surface area (Å²) in [5, 5.41) is 3.92. The predicted octanol–water partition coefficient (Wildman–Crippen LogP) is 3.12. The molecule has 0 unspecified atom stereocenters. The molecule has 1 aliphatic rings. The Morgan fingerprint density at radius 2 is 2.00 bits per heavy atom. The molecule has 3 nitrogen and oxygen atoms in total. The molecule has 0 radical (unpaired) electrons. The Morgan fingerprint density at radius 1 is 1.28 bits per heavy atom. The van der Waals surface area contributed by atoms with E-state index in [0.717, 1.165) is 12.8 Å². The van der Waals surface area contributed by atoms with Crippen LogP contribution in [0.25, 0.3) is 0 Å². The lowest BCUT2D eigenvalue weighted by atomic mass is 9.90. The molecule has 1 amide bonds. The van der Waals surface area contributed by atoms with Crippen molar-refractivity contribution in [2.24, 2.45) is 11.0 Å². The van der Waals surface area contributed by atoms with Gasteiger partial charge in [0.1, 0.15) is 5.82 Å². The van der Waals surface area contributed by atoms with Gasteiger partial charge in [-0.15, -0.1) is 0 Å². The number of carbonyl (C=O) groups excluding carboxylic acids is 1. The molecule has 1 N–H and O–H groups in total. The highest BCUT2D eigenvalue weighted by molar-refractivity contribution is 5.94. The third-order valence-corrected chi connectivity index (χ3v) is 3.22. The minimum absolute atomic E-state index is 0.0262. The largest absolute Gasteiger partial charge is 0.274 e. The van der Waals surface area contributed by atoms with Gasteiger partial charge in [0.05, 0.1) is 5.56 Å². The van der Waals surface area contributed by atoms with Gasteiger partial charge >= 0.3 is 0 Å². The minimum atomic E-state index is -0.525. The first-order valence-electron chi connectivity index (χ1n) is 6.35. The summed E-state index contributed by atoms with van der Waals surface area (Å²) in [5.41, 5.74) is 2.40. The molecule has 18 heavy (non-hydrogen) atoms. The second kappa shape index (κ2) is 6.28. The number of hydrogen-bond donors (Lipinski definition) is 1. The molecule has 1 fully saturated rings. The zero-order chi connectivity index (χ0) is 12.8. The first-order chi connectivity index (χ1) is 8.77. The van der Waals surface area contributed by atoms with E-state index in [9.17, 15) is 9.18 Å². The van der Waals surface area contributed by atoms with Crippen molar-refractivity contribution in [1.82, 2.24) is 5.43 Å². The molecular weight excluding hydrogens is 231 g/mol. The predicted molar refractivity (Wildman–Crippen MR) is 68.9 cm³/mol. The van der Waals surface area contributed by atoms with E-state index < -0.39 is 11.7 Å². The average Bonchev–Trinajstić information content (AvgIpc) is 2.40. The Labute approximate surface area is 106 Å². The van der Waals surface area contributed by atoms with Gasteiger partial charge in [0.2, 0.25) is 0 Å². The Morgan fingerprint density at radius 3 is 2.72 bits per heavy atom. The third kappa shape index (κ3) is 3.39. The van der Waals surface area contributed by atoms with E-state index in [1.54, 1.807) is 18.3 Å². The van der Waals surface area contributed by atoms with Crippen molar-refractivity contribution in [2.45, 2.75) is 32.1 Å². The molecular formula is C14H17FN2O.